The molecule has 0 saturated heterocycles. The van der Waals surface area contributed by atoms with Gasteiger partial charge in [0.15, 0.2) is 0 Å². The van der Waals surface area contributed by atoms with Gasteiger partial charge in [0, 0.05) is 42.1 Å². The molecule has 6 heteroatoms. The maximum atomic E-state index is 12.1. The summed E-state index contributed by atoms with van der Waals surface area (Å²) < 4.78 is 1.82. The van der Waals surface area contributed by atoms with Crippen LogP contribution in [0, 0.1) is 13.8 Å². The Hall–Kier alpha value is -1.69. The number of carbonyl (C=O) groups is 1. The van der Waals surface area contributed by atoms with Crippen LogP contribution in [0.4, 0.5) is 0 Å². The third kappa shape index (κ3) is 4.41. The molecule has 0 aliphatic carbocycles. The van der Waals surface area contributed by atoms with Gasteiger partial charge < -0.3 is 5.32 Å². The van der Waals surface area contributed by atoms with E-state index in [2.05, 4.69) is 41.6 Å². The van der Waals surface area contributed by atoms with Crippen molar-refractivity contribution in [3.63, 3.8) is 0 Å². The first-order valence-corrected chi connectivity index (χ1v) is 8.77. The molecule has 23 heavy (non-hydrogen) atoms. The van der Waals surface area contributed by atoms with Gasteiger partial charge in [0.25, 0.3) is 0 Å². The van der Waals surface area contributed by atoms with Gasteiger partial charge in [0.2, 0.25) is 5.91 Å². The quantitative estimate of drug-likeness (QED) is 0.914. The van der Waals surface area contributed by atoms with Crippen molar-refractivity contribution in [3.05, 3.63) is 33.0 Å². The van der Waals surface area contributed by atoms with Gasteiger partial charge in [-0.25, -0.2) is 4.98 Å². The van der Waals surface area contributed by atoms with Crippen LogP contribution >= 0.6 is 11.3 Å². The molecule has 2 aromatic rings. The highest BCUT2D eigenvalue weighted by Gasteiger charge is 2.17. The molecule has 0 unspecified atom stereocenters. The van der Waals surface area contributed by atoms with Crippen LogP contribution in [-0.4, -0.2) is 27.2 Å². The number of hydrogen-bond donors (Lipinski definition) is 1. The third-order valence-corrected chi connectivity index (χ3v) is 4.89. The number of thiazole rings is 1. The molecule has 0 fully saturated rings. The first-order valence-electron chi connectivity index (χ1n) is 7.89. The maximum absolute atomic E-state index is 12.1. The van der Waals surface area contributed by atoms with Crippen molar-refractivity contribution in [3.8, 4) is 0 Å². The third-order valence-electron chi connectivity index (χ3n) is 3.98. The second-order valence-corrected chi connectivity index (χ2v) is 7.87. The van der Waals surface area contributed by atoms with Crippen LogP contribution in [0.1, 0.15) is 48.4 Å². The Morgan fingerprint density at radius 3 is 2.57 bits per heavy atom. The van der Waals surface area contributed by atoms with E-state index in [4.69, 9.17) is 0 Å². The molecule has 1 N–H and O–H groups in total. The Balaban J connectivity index is 1.84. The van der Waals surface area contributed by atoms with Crippen molar-refractivity contribution in [2.75, 3.05) is 6.54 Å². The topological polar surface area (TPSA) is 59.8 Å². The van der Waals surface area contributed by atoms with Crippen LogP contribution in [0.5, 0.6) is 0 Å². The Kier molecular flexibility index (Phi) is 5.24. The number of carbonyl (C=O) groups excluding carboxylic acids is 1. The number of aryl methyl sites for hydroxylation is 2. The fourth-order valence-corrected chi connectivity index (χ4v) is 3.40. The zero-order chi connectivity index (χ0) is 17.2. The normalized spacial score (nSPS) is 11.7. The molecule has 0 aromatic carbocycles. The minimum absolute atomic E-state index is 0.0387. The lowest BCUT2D eigenvalue weighted by molar-refractivity contribution is -0.120. The van der Waals surface area contributed by atoms with Gasteiger partial charge in [-0.05, 0) is 13.8 Å². The molecule has 2 rings (SSSR count). The summed E-state index contributed by atoms with van der Waals surface area (Å²) in [6.07, 6.45) is 1.16. The predicted octanol–water partition coefficient (Wildman–Crippen LogP) is 2.69. The van der Waals surface area contributed by atoms with E-state index in [1.54, 1.807) is 11.3 Å². The van der Waals surface area contributed by atoms with Crippen molar-refractivity contribution in [2.45, 2.75) is 52.9 Å². The number of nitrogens with one attached hydrogen (secondary N) is 1. The largest absolute Gasteiger partial charge is 0.355 e. The van der Waals surface area contributed by atoms with Crippen LogP contribution in [0.15, 0.2) is 5.38 Å². The number of nitrogens with zero attached hydrogens (tertiary/aromatic N) is 3. The monoisotopic (exact) mass is 334 g/mol. The van der Waals surface area contributed by atoms with Crippen molar-refractivity contribution in [1.29, 1.82) is 0 Å². The Morgan fingerprint density at radius 2 is 2.04 bits per heavy atom. The van der Waals surface area contributed by atoms with Crippen LogP contribution in [-0.2, 0) is 30.1 Å². The molecule has 0 radical (unpaired) electrons. The van der Waals surface area contributed by atoms with Crippen LogP contribution in [0.2, 0.25) is 0 Å². The van der Waals surface area contributed by atoms with E-state index in [9.17, 15) is 4.79 Å². The number of rotatable bonds is 5. The highest BCUT2D eigenvalue weighted by Crippen LogP contribution is 2.23. The fourth-order valence-electron chi connectivity index (χ4n) is 2.38. The maximum Gasteiger partial charge on any atom is 0.224 e. The first kappa shape index (κ1) is 17.7. The van der Waals surface area contributed by atoms with Gasteiger partial charge in [-0.2, -0.15) is 5.10 Å². The average Bonchev–Trinajstić information content (AvgIpc) is 3.00. The van der Waals surface area contributed by atoms with E-state index in [-0.39, 0.29) is 11.3 Å². The molecule has 0 aliphatic rings. The lowest BCUT2D eigenvalue weighted by atomic mass is 9.93. The summed E-state index contributed by atoms with van der Waals surface area (Å²) in [4.78, 5) is 16.8. The summed E-state index contributed by atoms with van der Waals surface area (Å²) in [7, 11) is 1.90. The predicted molar refractivity (Wildman–Crippen MR) is 93.9 cm³/mol. The molecule has 126 valence electrons. The molecule has 1 amide bonds. The molecule has 2 aromatic heterocycles. The first-order chi connectivity index (χ1) is 10.7. The van der Waals surface area contributed by atoms with Crippen molar-refractivity contribution >= 4 is 17.2 Å². The fraction of sp³-hybridized carbons (Fsp3) is 0.588. The van der Waals surface area contributed by atoms with Crippen molar-refractivity contribution in [1.82, 2.24) is 20.1 Å². The van der Waals surface area contributed by atoms with E-state index in [0.29, 0.717) is 13.0 Å². The van der Waals surface area contributed by atoms with E-state index >= 15 is 0 Å². The van der Waals surface area contributed by atoms with E-state index in [1.165, 1.54) is 0 Å². The molecule has 0 saturated carbocycles. The molecule has 2 heterocycles. The Bertz CT molecular complexity index is 694. The summed E-state index contributed by atoms with van der Waals surface area (Å²) >= 11 is 1.66. The molecular weight excluding hydrogens is 308 g/mol. The zero-order valence-electron chi connectivity index (χ0n) is 14.9. The van der Waals surface area contributed by atoms with E-state index in [1.807, 2.05) is 25.6 Å². The SMILES string of the molecule is Cc1nn(C)c(C)c1CC(=O)NCCc1nc(C(C)(C)C)cs1. The van der Waals surface area contributed by atoms with Crippen molar-refractivity contribution in [2.24, 2.45) is 7.05 Å². The van der Waals surface area contributed by atoms with Gasteiger partial charge in [0.05, 0.1) is 22.8 Å². The highest BCUT2D eigenvalue weighted by atomic mass is 32.1. The molecule has 0 atom stereocenters. The van der Waals surface area contributed by atoms with E-state index in [0.717, 1.165) is 34.1 Å². The summed E-state index contributed by atoms with van der Waals surface area (Å²) in [6.45, 7) is 11.0. The smallest absolute Gasteiger partial charge is 0.224 e. The summed E-state index contributed by atoms with van der Waals surface area (Å²) in [6, 6.07) is 0. The minimum Gasteiger partial charge on any atom is -0.355 e. The van der Waals surface area contributed by atoms with Crippen LogP contribution in [0.25, 0.3) is 0 Å². The number of aromatic nitrogens is 3. The number of hydrogen-bond acceptors (Lipinski definition) is 4. The van der Waals surface area contributed by atoms with Gasteiger partial charge in [-0.1, -0.05) is 20.8 Å². The summed E-state index contributed by atoms with van der Waals surface area (Å²) in [5, 5.41) is 10.5. The lowest BCUT2D eigenvalue weighted by Crippen LogP contribution is -2.27. The molecule has 0 aliphatic heterocycles. The lowest BCUT2D eigenvalue weighted by Gasteiger charge is -2.14. The molecule has 0 spiro atoms. The molecule has 0 bridgehead atoms. The van der Waals surface area contributed by atoms with Crippen LogP contribution < -0.4 is 5.32 Å². The summed E-state index contributed by atoms with van der Waals surface area (Å²) in [5.74, 6) is 0.0387. The van der Waals surface area contributed by atoms with Gasteiger partial charge in [-0.3, -0.25) is 9.48 Å². The Morgan fingerprint density at radius 1 is 1.35 bits per heavy atom. The van der Waals surface area contributed by atoms with Gasteiger partial charge in [-0.15, -0.1) is 11.3 Å². The van der Waals surface area contributed by atoms with E-state index < -0.39 is 0 Å². The Labute approximate surface area is 142 Å². The average molecular weight is 334 g/mol. The van der Waals surface area contributed by atoms with Crippen LogP contribution in [0.3, 0.4) is 0 Å². The zero-order valence-corrected chi connectivity index (χ0v) is 15.7. The van der Waals surface area contributed by atoms with Gasteiger partial charge >= 0.3 is 0 Å². The minimum atomic E-state index is 0.0387. The number of amides is 1. The van der Waals surface area contributed by atoms with Gasteiger partial charge in [0.1, 0.15) is 0 Å². The second-order valence-electron chi connectivity index (χ2n) is 6.93. The standard InChI is InChI=1S/C17H26N4OS/c1-11-13(12(2)21(6)20-11)9-15(22)18-8-7-16-19-14(10-23-16)17(3,4)5/h10H,7-9H2,1-6H3,(H,18,22). The second kappa shape index (κ2) is 6.83. The highest BCUT2D eigenvalue weighted by molar-refractivity contribution is 7.09. The van der Waals surface area contributed by atoms with Crippen molar-refractivity contribution < 1.29 is 4.79 Å². The molecule has 5 nitrogen and oxygen atoms in total. The summed E-state index contributed by atoms with van der Waals surface area (Å²) in [5.41, 5.74) is 4.19. The molecular formula is C17H26N4OS.